The molecule has 5 heteroatoms. The van der Waals surface area contributed by atoms with E-state index in [9.17, 15) is 9.50 Å². The number of aliphatic hydroxyl groups is 1. The number of rotatable bonds is 5. The van der Waals surface area contributed by atoms with Crippen LogP contribution in [0.5, 0.6) is 0 Å². The third-order valence-electron chi connectivity index (χ3n) is 4.57. The Morgan fingerprint density at radius 3 is 2.57 bits per heavy atom. The van der Waals surface area contributed by atoms with E-state index in [2.05, 4.69) is 16.8 Å². The van der Waals surface area contributed by atoms with Crippen LogP contribution >= 0.6 is 0 Å². The van der Waals surface area contributed by atoms with Crippen molar-refractivity contribution >= 4 is 0 Å². The molecule has 0 radical (unpaired) electrons. The van der Waals surface area contributed by atoms with Crippen LogP contribution in [-0.2, 0) is 0 Å². The van der Waals surface area contributed by atoms with Gasteiger partial charge in [0.25, 0.3) is 0 Å². The lowest BCUT2D eigenvalue weighted by Crippen LogP contribution is -2.41. The number of aliphatic hydroxyl groups excluding tert-OH is 1. The Hall–Kier alpha value is -1.04. The van der Waals surface area contributed by atoms with Crippen LogP contribution < -0.4 is 5.73 Å². The van der Waals surface area contributed by atoms with Gasteiger partial charge in [-0.25, -0.2) is 4.39 Å². The highest BCUT2D eigenvalue weighted by atomic mass is 19.1. The highest BCUT2D eigenvalue weighted by Gasteiger charge is 2.25. The lowest BCUT2D eigenvalue weighted by Gasteiger charge is -2.35. The van der Waals surface area contributed by atoms with Gasteiger partial charge in [0.05, 0.1) is 24.0 Å². The molecule has 118 valence electrons. The second-order valence-electron chi connectivity index (χ2n) is 6.28. The summed E-state index contributed by atoms with van der Waals surface area (Å²) in [4.78, 5) is 6.47. The molecule has 1 fully saturated rings. The molecule has 0 aromatic carbocycles. The summed E-state index contributed by atoms with van der Waals surface area (Å²) in [5, 5.41) is 9.63. The number of likely N-dealkylation sites (tertiary alicyclic amines) is 1. The minimum Gasteiger partial charge on any atom is -0.393 e. The van der Waals surface area contributed by atoms with Crippen molar-refractivity contribution in [2.75, 3.05) is 19.6 Å². The molecule has 21 heavy (non-hydrogen) atoms. The molecule has 3 N–H and O–H groups in total. The molecule has 1 saturated heterocycles. The summed E-state index contributed by atoms with van der Waals surface area (Å²) in [6.07, 6.45) is 3.08. The fraction of sp³-hybridized carbons (Fsp3) is 0.688. The number of pyridine rings is 1. The molecule has 0 aliphatic carbocycles. The van der Waals surface area contributed by atoms with Gasteiger partial charge in [0.2, 0.25) is 0 Å². The van der Waals surface area contributed by atoms with Crippen molar-refractivity contribution in [1.82, 2.24) is 9.88 Å². The van der Waals surface area contributed by atoms with Gasteiger partial charge in [0, 0.05) is 6.54 Å². The summed E-state index contributed by atoms with van der Waals surface area (Å²) < 4.78 is 12.9. The summed E-state index contributed by atoms with van der Waals surface area (Å²) in [5.74, 6) is 0.342. The lowest BCUT2D eigenvalue weighted by molar-refractivity contribution is 0.0658. The Morgan fingerprint density at radius 1 is 1.38 bits per heavy atom. The number of hydrogen-bond donors (Lipinski definition) is 2. The highest BCUT2D eigenvalue weighted by molar-refractivity contribution is 5.10. The molecule has 0 spiro atoms. The molecule has 1 aromatic rings. The van der Waals surface area contributed by atoms with E-state index < -0.39 is 0 Å². The summed E-state index contributed by atoms with van der Waals surface area (Å²) >= 11 is 0. The van der Waals surface area contributed by atoms with Crippen LogP contribution in [0.2, 0.25) is 0 Å². The zero-order chi connectivity index (χ0) is 15.4. The maximum absolute atomic E-state index is 12.9. The first-order valence-electron chi connectivity index (χ1n) is 7.75. The average molecular weight is 295 g/mol. The van der Waals surface area contributed by atoms with Gasteiger partial charge in [-0.2, -0.15) is 0 Å². The minimum atomic E-state index is -0.334. The van der Waals surface area contributed by atoms with Crippen LogP contribution in [0.25, 0.3) is 0 Å². The van der Waals surface area contributed by atoms with Crippen LogP contribution in [0, 0.1) is 17.7 Å². The third-order valence-corrected chi connectivity index (χ3v) is 4.57. The monoisotopic (exact) mass is 295 g/mol. The van der Waals surface area contributed by atoms with Gasteiger partial charge in [-0.3, -0.25) is 4.98 Å². The first-order valence-corrected chi connectivity index (χ1v) is 7.75. The van der Waals surface area contributed by atoms with Gasteiger partial charge in [0.15, 0.2) is 0 Å². The van der Waals surface area contributed by atoms with Crippen LogP contribution in [0.4, 0.5) is 4.39 Å². The van der Waals surface area contributed by atoms with Crippen molar-refractivity contribution < 1.29 is 9.50 Å². The van der Waals surface area contributed by atoms with Crippen LogP contribution in [0.15, 0.2) is 18.3 Å². The summed E-state index contributed by atoms with van der Waals surface area (Å²) in [5.41, 5.74) is 6.97. The number of halogens is 1. The fourth-order valence-electron chi connectivity index (χ4n) is 3.01. The summed E-state index contributed by atoms with van der Waals surface area (Å²) in [6, 6.07) is 2.89. The standard InChI is InChI=1S/C16H26FN3O/c1-11(16(18)15-4-3-14(17)9-19-15)10-20-7-5-13(6-8-20)12(2)21/h3-4,9,11-13,16,21H,5-8,10,18H2,1-2H3. The van der Waals surface area contributed by atoms with Gasteiger partial charge in [0.1, 0.15) is 5.82 Å². The Labute approximate surface area is 126 Å². The van der Waals surface area contributed by atoms with Crippen molar-refractivity contribution in [3.63, 3.8) is 0 Å². The molecule has 0 amide bonds. The number of aromatic nitrogens is 1. The van der Waals surface area contributed by atoms with E-state index in [4.69, 9.17) is 5.73 Å². The molecule has 3 atom stereocenters. The predicted octanol–water partition coefficient (Wildman–Crippen LogP) is 1.95. The maximum Gasteiger partial charge on any atom is 0.141 e. The number of piperidine rings is 1. The minimum absolute atomic E-state index is 0.180. The van der Waals surface area contributed by atoms with Crippen LogP contribution in [0.3, 0.4) is 0 Å². The normalized spacial score (nSPS) is 22.0. The van der Waals surface area contributed by atoms with E-state index in [-0.39, 0.29) is 23.9 Å². The zero-order valence-electron chi connectivity index (χ0n) is 12.9. The van der Waals surface area contributed by atoms with Crippen molar-refractivity contribution in [2.24, 2.45) is 17.6 Å². The Kier molecular flexibility index (Phi) is 5.67. The van der Waals surface area contributed by atoms with Gasteiger partial charge >= 0.3 is 0 Å². The highest BCUT2D eigenvalue weighted by Crippen LogP contribution is 2.24. The molecule has 2 rings (SSSR count). The SMILES string of the molecule is CC(O)C1CCN(CC(C)C(N)c2ccc(F)cn2)CC1. The molecule has 0 saturated carbocycles. The second-order valence-corrected chi connectivity index (χ2v) is 6.28. The molecular weight excluding hydrogens is 269 g/mol. The third kappa shape index (κ3) is 4.46. The second kappa shape index (κ2) is 7.29. The summed E-state index contributed by atoms with van der Waals surface area (Å²) in [6.45, 7) is 6.90. The molecule has 1 aromatic heterocycles. The summed E-state index contributed by atoms with van der Waals surface area (Å²) in [7, 11) is 0. The van der Waals surface area contributed by atoms with E-state index in [0.717, 1.165) is 38.2 Å². The van der Waals surface area contributed by atoms with E-state index in [1.165, 1.54) is 12.3 Å². The van der Waals surface area contributed by atoms with Crippen LogP contribution in [-0.4, -0.2) is 40.7 Å². The first-order chi connectivity index (χ1) is 9.97. The van der Waals surface area contributed by atoms with Gasteiger partial charge in [-0.05, 0) is 56.8 Å². The maximum atomic E-state index is 12.9. The number of hydrogen-bond acceptors (Lipinski definition) is 4. The first kappa shape index (κ1) is 16.3. The van der Waals surface area contributed by atoms with Crippen molar-refractivity contribution in [1.29, 1.82) is 0 Å². The molecule has 3 unspecified atom stereocenters. The Balaban J connectivity index is 1.84. The van der Waals surface area contributed by atoms with Crippen molar-refractivity contribution in [3.8, 4) is 0 Å². The Bertz CT molecular complexity index is 430. The van der Waals surface area contributed by atoms with Gasteiger partial charge in [-0.1, -0.05) is 6.92 Å². The molecular formula is C16H26FN3O. The van der Waals surface area contributed by atoms with Crippen molar-refractivity contribution in [2.45, 2.75) is 38.8 Å². The lowest BCUT2D eigenvalue weighted by atomic mass is 9.91. The zero-order valence-corrected chi connectivity index (χ0v) is 12.9. The van der Waals surface area contributed by atoms with Gasteiger partial charge < -0.3 is 15.7 Å². The largest absolute Gasteiger partial charge is 0.393 e. The van der Waals surface area contributed by atoms with E-state index in [0.29, 0.717) is 5.92 Å². The van der Waals surface area contributed by atoms with Gasteiger partial charge in [-0.15, -0.1) is 0 Å². The molecule has 1 aliphatic heterocycles. The molecule has 0 bridgehead atoms. The van der Waals surface area contributed by atoms with E-state index in [1.54, 1.807) is 6.07 Å². The topological polar surface area (TPSA) is 62.4 Å². The van der Waals surface area contributed by atoms with Crippen LogP contribution in [0.1, 0.15) is 38.4 Å². The molecule has 1 aliphatic rings. The number of nitrogens with two attached hydrogens (primary N) is 1. The fourth-order valence-corrected chi connectivity index (χ4v) is 3.01. The predicted molar refractivity (Wildman–Crippen MR) is 81.1 cm³/mol. The van der Waals surface area contributed by atoms with E-state index >= 15 is 0 Å². The average Bonchev–Trinajstić information content (AvgIpc) is 2.47. The smallest absolute Gasteiger partial charge is 0.141 e. The van der Waals surface area contributed by atoms with Crippen molar-refractivity contribution in [3.05, 3.63) is 29.8 Å². The van der Waals surface area contributed by atoms with E-state index in [1.807, 2.05) is 6.92 Å². The molecule has 4 nitrogen and oxygen atoms in total. The Morgan fingerprint density at radius 2 is 2.05 bits per heavy atom. The number of nitrogens with zero attached hydrogens (tertiary/aromatic N) is 2. The molecule has 2 heterocycles. The quantitative estimate of drug-likeness (QED) is 0.871.